The predicted octanol–water partition coefficient (Wildman–Crippen LogP) is 2.93. The maximum absolute atomic E-state index is 12.6. The first kappa shape index (κ1) is 13.3. The zero-order chi connectivity index (χ0) is 14.8. The molecule has 5 nitrogen and oxygen atoms in total. The molecule has 0 fully saturated rings. The van der Waals surface area contributed by atoms with Gasteiger partial charge in [0.2, 0.25) is 5.82 Å². The van der Waals surface area contributed by atoms with Crippen LogP contribution in [0.5, 0.6) is 0 Å². The number of rotatable bonds is 3. The Hall–Kier alpha value is -2.69. The van der Waals surface area contributed by atoms with Crippen LogP contribution in [-0.2, 0) is 0 Å². The summed E-state index contributed by atoms with van der Waals surface area (Å²) in [5.74, 6) is 0.632. The molecule has 0 aliphatic heterocycles. The molecule has 3 rings (SSSR count). The largest absolute Gasteiger partial charge is 0.305 e. The lowest BCUT2D eigenvalue weighted by Crippen LogP contribution is -2.31. The number of H-pyrrole nitrogens is 1. The SMILES string of the molecule is CCN(C(=O)c1n[nH]c(C)n1)c1cccc2ccccc12. The molecule has 0 bridgehead atoms. The minimum atomic E-state index is -0.196. The summed E-state index contributed by atoms with van der Waals surface area (Å²) in [5, 5.41) is 8.82. The Kier molecular flexibility index (Phi) is 3.39. The Morgan fingerprint density at radius 2 is 1.95 bits per heavy atom. The molecular weight excluding hydrogens is 264 g/mol. The van der Waals surface area contributed by atoms with Crippen LogP contribution in [0.1, 0.15) is 23.4 Å². The van der Waals surface area contributed by atoms with Gasteiger partial charge in [-0.2, -0.15) is 0 Å². The monoisotopic (exact) mass is 280 g/mol. The van der Waals surface area contributed by atoms with E-state index in [1.54, 1.807) is 11.8 Å². The highest BCUT2D eigenvalue weighted by molar-refractivity contribution is 6.09. The number of anilines is 1. The molecule has 0 saturated heterocycles. The van der Waals surface area contributed by atoms with Gasteiger partial charge in [0, 0.05) is 11.9 Å². The van der Waals surface area contributed by atoms with Gasteiger partial charge in [-0.05, 0) is 25.3 Å². The second kappa shape index (κ2) is 5.36. The van der Waals surface area contributed by atoms with Crippen LogP contribution < -0.4 is 4.90 Å². The third-order valence-electron chi connectivity index (χ3n) is 3.41. The summed E-state index contributed by atoms with van der Waals surface area (Å²) in [4.78, 5) is 18.4. The van der Waals surface area contributed by atoms with E-state index in [1.165, 1.54) is 0 Å². The Balaban J connectivity index is 2.08. The van der Waals surface area contributed by atoms with Crippen molar-refractivity contribution in [1.29, 1.82) is 0 Å². The van der Waals surface area contributed by atoms with E-state index in [-0.39, 0.29) is 11.7 Å². The molecule has 0 unspecified atom stereocenters. The Bertz CT molecular complexity index is 788. The second-order valence-corrected chi connectivity index (χ2v) is 4.79. The third-order valence-corrected chi connectivity index (χ3v) is 3.41. The topological polar surface area (TPSA) is 61.9 Å². The van der Waals surface area contributed by atoms with E-state index in [4.69, 9.17) is 0 Å². The number of nitrogens with zero attached hydrogens (tertiary/aromatic N) is 3. The maximum atomic E-state index is 12.6. The number of carbonyl (C=O) groups excluding carboxylic acids is 1. The minimum Gasteiger partial charge on any atom is -0.305 e. The number of aromatic nitrogens is 3. The zero-order valence-electron chi connectivity index (χ0n) is 12.0. The van der Waals surface area contributed by atoms with Crippen molar-refractivity contribution in [2.75, 3.05) is 11.4 Å². The number of benzene rings is 2. The first-order valence-corrected chi connectivity index (χ1v) is 6.89. The van der Waals surface area contributed by atoms with E-state index in [0.29, 0.717) is 12.4 Å². The number of aromatic amines is 1. The summed E-state index contributed by atoms with van der Waals surface area (Å²) in [6, 6.07) is 14.0. The number of aryl methyl sites for hydroxylation is 1. The predicted molar refractivity (Wildman–Crippen MR) is 82.4 cm³/mol. The van der Waals surface area contributed by atoms with Gasteiger partial charge in [0.1, 0.15) is 5.82 Å². The summed E-state index contributed by atoms with van der Waals surface area (Å²) in [6.45, 7) is 4.28. The molecule has 0 aliphatic carbocycles. The number of amides is 1. The summed E-state index contributed by atoms with van der Waals surface area (Å²) >= 11 is 0. The van der Waals surface area contributed by atoms with E-state index in [9.17, 15) is 4.79 Å². The van der Waals surface area contributed by atoms with Crippen molar-refractivity contribution >= 4 is 22.4 Å². The van der Waals surface area contributed by atoms with E-state index in [0.717, 1.165) is 16.5 Å². The van der Waals surface area contributed by atoms with Crippen LogP contribution in [0.2, 0.25) is 0 Å². The molecule has 106 valence electrons. The van der Waals surface area contributed by atoms with Gasteiger partial charge in [-0.25, -0.2) is 4.98 Å². The van der Waals surface area contributed by atoms with Crippen molar-refractivity contribution in [2.45, 2.75) is 13.8 Å². The lowest BCUT2D eigenvalue weighted by Gasteiger charge is -2.21. The van der Waals surface area contributed by atoms with Gasteiger partial charge in [-0.15, -0.1) is 5.10 Å². The molecule has 21 heavy (non-hydrogen) atoms. The van der Waals surface area contributed by atoms with E-state index < -0.39 is 0 Å². The molecule has 0 spiro atoms. The number of hydrogen-bond donors (Lipinski definition) is 1. The van der Waals surface area contributed by atoms with Crippen molar-refractivity contribution in [3.05, 3.63) is 54.1 Å². The molecule has 1 heterocycles. The van der Waals surface area contributed by atoms with Gasteiger partial charge in [0.05, 0.1) is 5.69 Å². The molecule has 0 radical (unpaired) electrons. The molecule has 5 heteroatoms. The molecule has 1 amide bonds. The average molecular weight is 280 g/mol. The summed E-state index contributed by atoms with van der Waals surface area (Å²) in [6.07, 6.45) is 0. The van der Waals surface area contributed by atoms with Crippen LogP contribution in [0.25, 0.3) is 10.8 Å². The van der Waals surface area contributed by atoms with Crippen molar-refractivity contribution in [3.8, 4) is 0 Å². The quantitative estimate of drug-likeness (QED) is 0.802. The number of carbonyl (C=O) groups is 1. The van der Waals surface area contributed by atoms with Crippen molar-refractivity contribution in [3.63, 3.8) is 0 Å². The molecule has 2 aromatic carbocycles. The molecular formula is C16H16N4O. The van der Waals surface area contributed by atoms with E-state index >= 15 is 0 Å². The van der Waals surface area contributed by atoms with Gasteiger partial charge in [-0.1, -0.05) is 36.4 Å². The Morgan fingerprint density at radius 1 is 1.19 bits per heavy atom. The Labute approximate surface area is 122 Å². The van der Waals surface area contributed by atoms with Crippen LogP contribution in [0.15, 0.2) is 42.5 Å². The smallest absolute Gasteiger partial charge is 0.297 e. The summed E-state index contributed by atoms with van der Waals surface area (Å²) in [7, 11) is 0. The van der Waals surface area contributed by atoms with Gasteiger partial charge in [-0.3, -0.25) is 9.89 Å². The van der Waals surface area contributed by atoms with Gasteiger partial charge >= 0.3 is 0 Å². The van der Waals surface area contributed by atoms with Crippen LogP contribution in [0.4, 0.5) is 5.69 Å². The van der Waals surface area contributed by atoms with Crippen molar-refractivity contribution in [2.24, 2.45) is 0 Å². The van der Waals surface area contributed by atoms with E-state index in [1.807, 2.05) is 49.4 Å². The summed E-state index contributed by atoms with van der Waals surface area (Å²) < 4.78 is 0. The lowest BCUT2D eigenvalue weighted by atomic mass is 10.1. The lowest BCUT2D eigenvalue weighted by molar-refractivity contribution is 0.0979. The maximum Gasteiger partial charge on any atom is 0.297 e. The van der Waals surface area contributed by atoms with Crippen LogP contribution in [0, 0.1) is 6.92 Å². The third kappa shape index (κ3) is 2.38. The molecule has 1 N–H and O–H groups in total. The normalized spacial score (nSPS) is 10.8. The average Bonchev–Trinajstić information content (AvgIpc) is 2.95. The van der Waals surface area contributed by atoms with Gasteiger partial charge < -0.3 is 4.90 Å². The summed E-state index contributed by atoms with van der Waals surface area (Å²) in [5.41, 5.74) is 0.878. The fourth-order valence-corrected chi connectivity index (χ4v) is 2.43. The first-order valence-electron chi connectivity index (χ1n) is 6.89. The van der Waals surface area contributed by atoms with Crippen LogP contribution in [-0.4, -0.2) is 27.6 Å². The van der Waals surface area contributed by atoms with Crippen LogP contribution in [0.3, 0.4) is 0 Å². The molecule has 3 aromatic rings. The fraction of sp³-hybridized carbons (Fsp3) is 0.188. The molecule has 0 saturated carbocycles. The first-order chi connectivity index (χ1) is 10.2. The highest BCUT2D eigenvalue weighted by atomic mass is 16.2. The van der Waals surface area contributed by atoms with Crippen molar-refractivity contribution < 1.29 is 4.79 Å². The number of nitrogens with one attached hydrogen (secondary N) is 1. The van der Waals surface area contributed by atoms with Gasteiger partial charge in [0.25, 0.3) is 5.91 Å². The highest BCUT2D eigenvalue weighted by Crippen LogP contribution is 2.27. The molecule has 1 aromatic heterocycles. The van der Waals surface area contributed by atoms with Crippen LogP contribution >= 0.6 is 0 Å². The fourth-order valence-electron chi connectivity index (χ4n) is 2.43. The zero-order valence-corrected chi connectivity index (χ0v) is 12.0. The number of hydrogen-bond acceptors (Lipinski definition) is 3. The number of fused-ring (bicyclic) bond motifs is 1. The van der Waals surface area contributed by atoms with Crippen molar-refractivity contribution in [1.82, 2.24) is 15.2 Å². The standard InChI is InChI=1S/C16H16N4O/c1-3-20(16(21)15-17-11(2)18-19-15)14-10-6-8-12-7-4-5-9-13(12)14/h4-10H,3H2,1-2H3,(H,17,18,19). The molecule has 0 aliphatic rings. The second-order valence-electron chi connectivity index (χ2n) is 4.79. The minimum absolute atomic E-state index is 0.196. The molecule has 0 atom stereocenters. The Morgan fingerprint density at radius 3 is 2.67 bits per heavy atom. The highest BCUT2D eigenvalue weighted by Gasteiger charge is 2.21. The van der Waals surface area contributed by atoms with Gasteiger partial charge in [0.15, 0.2) is 0 Å². The van der Waals surface area contributed by atoms with E-state index in [2.05, 4.69) is 15.2 Å².